The van der Waals surface area contributed by atoms with Crippen molar-refractivity contribution in [3.8, 4) is 11.8 Å². The van der Waals surface area contributed by atoms with Gasteiger partial charge in [0, 0.05) is 25.7 Å². The lowest BCUT2D eigenvalue weighted by molar-refractivity contribution is 0.0300. The van der Waals surface area contributed by atoms with E-state index < -0.39 is 5.60 Å². The van der Waals surface area contributed by atoms with E-state index in [1.54, 1.807) is 23.1 Å². The number of pyridine rings is 1. The van der Waals surface area contributed by atoms with Gasteiger partial charge in [0.05, 0.1) is 17.5 Å². The fourth-order valence-electron chi connectivity index (χ4n) is 3.86. The molecule has 0 saturated carbocycles. The van der Waals surface area contributed by atoms with Crippen LogP contribution in [0, 0.1) is 11.3 Å². The highest BCUT2D eigenvalue weighted by molar-refractivity contribution is 6.00. The highest BCUT2D eigenvalue weighted by Gasteiger charge is 2.42. The number of Topliss-reactive ketones (excluding diaryl/α,β-unsaturated/α-hetero) is 1. The third-order valence-electron chi connectivity index (χ3n) is 5.31. The molecular formula is C21H19N3O3. The molecule has 4 rings (SSSR count). The van der Waals surface area contributed by atoms with Crippen LogP contribution in [-0.4, -0.2) is 40.3 Å². The summed E-state index contributed by atoms with van der Waals surface area (Å²) in [6.07, 6.45) is 3.92. The number of fused-ring (bicyclic) bond motifs is 1. The van der Waals surface area contributed by atoms with Crippen molar-refractivity contribution in [2.24, 2.45) is 0 Å². The average molecular weight is 361 g/mol. The van der Waals surface area contributed by atoms with Gasteiger partial charge in [-0.05, 0) is 37.1 Å². The van der Waals surface area contributed by atoms with Crippen LogP contribution in [0.4, 0.5) is 0 Å². The maximum Gasteiger partial charge on any atom is 0.255 e. The fourth-order valence-corrected chi connectivity index (χ4v) is 3.86. The molecule has 2 aliphatic heterocycles. The van der Waals surface area contributed by atoms with Crippen molar-refractivity contribution in [3.63, 3.8) is 0 Å². The molecule has 2 aromatic rings. The van der Waals surface area contributed by atoms with Gasteiger partial charge in [0.2, 0.25) is 0 Å². The first-order valence-electron chi connectivity index (χ1n) is 9.07. The number of hydrogen-bond donors (Lipinski definition) is 0. The van der Waals surface area contributed by atoms with Crippen LogP contribution in [0.5, 0.6) is 5.75 Å². The number of amides is 1. The van der Waals surface area contributed by atoms with E-state index in [0.29, 0.717) is 42.8 Å². The van der Waals surface area contributed by atoms with Crippen molar-refractivity contribution < 1.29 is 14.3 Å². The molecule has 1 spiro atoms. The van der Waals surface area contributed by atoms with Crippen LogP contribution in [0.1, 0.15) is 52.1 Å². The van der Waals surface area contributed by atoms with E-state index in [1.165, 1.54) is 6.20 Å². The van der Waals surface area contributed by atoms with Gasteiger partial charge in [-0.15, -0.1) is 0 Å². The first-order valence-corrected chi connectivity index (χ1v) is 9.07. The Morgan fingerprint density at radius 1 is 1.19 bits per heavy atom. The number of para-hydroxylation sites is 1. The second-order valence-corrected chi connectivity index (χ2v) is 7.07. The van der Waals surface area contributed by atoms with Crippen LogP contribution < -0.4 is 4.74 Å². The predicted octanol–water partition coefficient (Wildman–Crippen LogP) is 2.98. The molecule has 2 aliphatic rings. The highest BCUT2D eigenvalue weighted by atomic mass is 16.5. The Bertz CT molecular complexity index is 932. The first kappa shape index (κ1) is 17.2. The zero-order chi connectivity index (χ0) is 18.9. The van der Waals surface area contributed by atoms with E-state index in [1.807, 2.05) is 24.3 Å². The van der Waals surface area contributed by atoms with Gasteiger partial charge in [0.1, 0.15) is 23.1 Å². The average Bonchev–Trinajstić information content (AvgIpc) is 2.90. The first-order chi connectivity index (χ1) is 13.1. The van der Waals surface area contributed by atoms with Crippen LogP contribution in [0.2, 0.25) is 0 Å². The summed E-state index contributed by atoms with van der Waals surface area (Å²) < 4.78 is 6.27. The zero-order valence-corrected chi connectivity index (χ0v) is 14.9. The van der Waals surface area contributed by atoms with E-state index in [-0.39, 0.29) is 17.4 Å². The molecule has 1 amide bonds. The molecule has 27 heavy (non-hydrogen) atoms. The predicted molar refractivity (Wildman–Crippen MR) is 97.5 cm³/mol. The summed E-state index contributed by atoms with van der Waals surface area (Å²) in [5.74, 6) is 0.643. The number of carbonyl (C=O) groups is 2. The topological polar surface area (TPSA) is 83.3 Å². The molecule has 0 N–H and O–H groups in total. The van der Waals surface area contributed by atoms with Crippen LogP contribution in [-0.2, 0) is 0 Å². The molecule has 1 aromatic carbocycles. The molecule has 0 aliphatic carbocycles. The van der Waals surface area contributed by atoms with E-state index in [2.05, 4.69) is 4.98 Å². The molecule has 1 aromatic heterocycles. The Balaban J connectivity index is 1.50. The maximum atomic E-state index is 12.8. The Morgan fingerprint density at radius 2 is 2.04 bits per heavy atom. The number of aromatic nitrogens is 1. The van der Waals surface area contributed by atoms with Crippen molar-refractivity contribution >= 4 is 11.7 Å². The van der Waals surface area contributed by atoms with Crippen LogP contribution in [0.15, 0.2) is 42.6 Å². The molecule has 0 bridgehead atoms. The van der Waals surface area contributed by atoms with Crippen molar-refractivity contribution in [1.82, 2.24) is 9.88 Å². The lowest BCUT2D eigenvalue weighted by atomic mass is 9.84. The lowest BCUT2D eigenvalue weighted by Crippen LogP contribution is -2.43. The Hall–Kier alpha value is -3.20. The minimum atomic E-state index is -0.538. The number of ether oxygens (including phenoxy) is 1. The molecule has 1 fully saturated rings. The maximum absolute atomic E-state index is 12.8. The number of benzene rings is 1. The summed E-state index contributed by atoms with van der Waals surface area (Å²) in [4.78, 5) is 31.1. The van der Waals surface area contributed by atoms with Gasteiger partial charge in [0.15, 0.2) is 5.78 Å². The quantitative estimate of drug-likeness (QED) is 0.780. The monoisotopic (exact) mass is 361 g/mol. The summed E-state index contributed by atoms with van der Waals surface area (Å²) >= 11 is 0. The van der Waals surface area contributed by atoms with Crippen molar-refractivity contribution in [3.05, 3.63) is 59.4 Å². The number of nitriles is 1. The summed E-state index contributed by atoms with van der Waals surface area (Å²) in [6, 6.07) is 12.5. The molecule has 6 heteroatoms. The molecule has 6 nitrogen and oxygen atoms in total. The highest BCUT2D eigenvalue weighted by Crippen LogP contribution is 2.39. The molecule has 1 atom stereocenters. The number of nitrogens with zero attached hydrogens (tertiary/aromatic N) is 3. The Morgan fingerprint density at radius 3 is 2.81 bits per heavy atom. The van der Waals surface area contributed by atoms with E-state index >= 15 is 0 Å². The van der Waals surface area contributed by atoms with Crippen LogP contribution in [0.25, 0.3) is 0 Å². The second-order valence-electron chi connectivity index (χ2n) is 7.07. The van der Waals surface area contributed by atoms with Gasteiger partial charge in [-0.2, -0.15) is 5.26 Å². The second kappa shape index (κ2) is 6.84. The minimum Gasteiger partial charge on any atom is -0.486 e. The summed E-state index contributed by atoms with van der Waals surface area (Å²) in [5, 5.41) is 8.84. The lowest BCUT2D eigenvalue weighted by Gasteiger charge is -2.37. The normalized spacial score (nSPS) is 21.7. The van der Waals surface area contributed by atoms with Gasteiger partial charge in [-0.25, -0.2) is 4.98 Å². The van der Waals surface area contributed by atoms with Crippen molar-refractivity contribution in [2.45, 2.75) is 31.3 Å². The molecule has 3 heterocycles. The van der Waals surface area contributed by atoms with E-state index in [4.69, 9.17) is 10.00 Å². The van der Waals surface area contributed by atoms with Crippen LogP contribution >= 0.6 is 0 Å². The third kappa shape index (κ3) is 3.28. The largest absolute Gasteiger partial charge is 0.486 e. The van der Waals surface area contributed by atoms with Gasteiger partial charge < -0.3 is 9.64 Å². The van der Waals surface area contributed by atoms with Gasteiger partial charge >= 0.3 is 0 Å². The van der Waals surface area contributed by atoms with Crippen LogP contribution in [0.3, 0.4) is 0 Å². The molecule has 1 saturated heterocycles. The fraction of sp³-hybridized carbons (Fsp3) is 0.333. The number of ketones is 1. The summed E-state index contributed by atoms with van der Waals surface area (Å²) in [6.45, 7) is 1.13. The van der Waals surface area contributed by atoms with Gasteiger partial charge in [-0.1, -0.05) is 12.1 Å². The number of carbonyl (C=O) groups excluding carboxylic acids is 2. The molecule has 136 valence electrons. The number of rotatable bonds is 1. The zero-order valence-electron chi connectivity index (χ0n) is 14.9. The third-order valence-corrected chi connectivity index (χ3v) is 5.31. The minimum absolute atomic E-state index is 0.105. The van der Waals surface area contributed by atoms with E-state index in [9.17, 15) is 9.59 Å². The molecular weight excluding hydrogens is 342 g/mol. The Kier molecular flexibility index (Phi) is 4.36. The van der Waals surface area contributed by atoms with E-state index in [0.717, 1.165) is 12.8 Å². The Labute approximate surface area is 157 Å². The number of likely N-dealkylation sites (tertiary alicyclic amines) is 1. The van der Waals surface area contributed by atoms with Gasteiger partial charge in [0.25, 0.3) is 5.91 Å². The van der Waals surface area contributed by atoms with Crippen molar-refractivity contribution in [2.75, 3.05) is 13.1 Å². The standard InChI is InChI=1S/C21H19N3O3/c22-13-16-7-6-15(14-23-16)20(26)24-10-3-8-21(9-11-24)12-18(25)17-4-1-2-5-19(17)27-21/h1-2,4-7,14H,3,8-12H2. The summed E-state index contributed by atoms with van der Waals surface area (Å²) in [7, 11) is 0. The smallest absolute Gasteiger partial charge is 0.255 e. The molecule has 0 radical (unpaired) electrons. The van der Waals surface area contributed by atoms with Gasteiger partial charge in [-0.3, -0.25) is 9.59 Å². The number of hydrogen-bond acceptors (Lipinski definition) is 5. The summed E-state index contributed by atoms with van der Waals surface area (Å²) in [5.41, 5.74) is 0.859. The van der Waals surface area contributed by atoms with Crippen molar-refractivity contribution in [1.29, 1.82) is 5.26 Å². The molecule has 1 unspecified atom stereocenters. The SMILES string of the molecule is N#Cc1ccc(C(=O)N2CCCC3(CC2)CC(=O)c2ccccc2O3)cn1.